The Balaban J connectivity index is 1.72. The molecule has 0 unspecified atom stereocenters. The van der Waals surface area contributed by atoms with E-state index in [-0.39, 0.29) is 47.3 Å². The van der Waals surface area contributed by atoms with Crippen LogP contribution in [0.4, 0.5) is 0 Å². The number of rotatable bonds is 6. The van der Waals surface area contributed by atoms with Crippen molar-refractivity contribution in [2.75, 3.05) is 46.5 Å². The number of hydrogen-bond acceptors (Lipinski definition) is 6. The molecule has 2 aliphatic heterocycles. The molecule has 0 spiro atoms. The van der Waals surface area contributed by atoms with Crippen molar-refractivity contribution in [1.82, 2.24) is 14.5 Å². The molecule has 31 heavy (non-hydrogen) atoms. The van der Waals surface area contributed by atoms with Gasteiger partial charge in [-0.2, -0.15) is 4.31 Å². The lowest BCUT2D eigenvalue weighted by Crippen LogP contribution is -2.47. The molecule has 1 aromatic carbocycles. The van der Waals surface area contributed by atoms with Gasteiger partial charge in [0.1, 0.15) is 5.75 Å². The smallest absolute Gasteiger partial charge is 0.255 e. The number of carbonyl (C=O) groups excluding carboxylic acids is 2. The third-order valence-corrected chi connectivity index (χ3v) is 7.55. The van der Waals surface area contributed by atoms with Crippen molar-refractivity contribution in [3.8, 4) is 5.75 Å². The first kappa shape index (κ1) is 23.5. The monoisotopic (exact) mass is 453 g/mol. The van der Waals surface area contributed by atoms with Gasteiger partial charge in [0, 0.05) is 38.1 Å². The molecule has 2 saturated heterocycles. The largest absolute Gasteiger partial charge is 0.496 e. The van der Waals surface area contributed by atoms with Crippen LogP contribution in [0.25, 0.3) is 0 Å². The maximum atomic E-state index is 13.0. The fraction of sp³-hybridized carbons (Fsp3) is 0.619. The Morgan fingerprint density at radius 1 is 1.13 bits per heavy atom. The van der Waals surface area contributed by atoms with Crippen molar-refractivity contribution >= 4 is 21.8 Å². The van der Waals surface area contributed by atoms with Gasteiger partial charge in [0.05, 0.1) is 30.8 Å². The maximum absolute atomic E-state index is 13.0. The number of benzene rings is 1. The highest BCUT2D eigenvalue weighted by atomic mass is 32.2. The number of likely N-dealkylation sites (tertiary alicyclic amines) is 1. The fourth-order valence-electron chi connectivity index (χ4n) is 3.83. The van der Waals surface area contributed by atoms with E-state index in [2.05, 4.69) is 5.32 Å². The van der Waals surface area contributed by atoms with Crippen molar-refractivity contribution in [2.24, 2.45) is 5.92 Å². The highest BCUT2D eigenvalue weighted by Crippen LogP contribution is 2.26. The molecule has 1 N–H and O–H groups in total. The zero-order valence-electron chi connectivity index (χ0n) is 18.3. The summed E-state index contributed by atoms with van der Waals surface area (Å²) in [6.45, 7) is 6.19. The van der Waals surface area contributed by atoms with Crippen LogP contribution in [0.5, 0.6) is 5.75 Å². The van der Waals surface area contributed by atoms with Gasteiger partial charge in [0.2, 0.25) is 15.9 Å². The number of sulfonamides is 1. The van der Waals surface area contributed by atoms with Crippen LogP contribution in [0, 0.1) is 5.92 Å². The van der Waals surface area contributed by atoms with Gasteiger partial charge in [0.15, 0.2) is 0 Å². The van der Waals surface area contributed by atoms with E-state index in [1.54, 1.807) is 0 Å². The van der Waals surface area contributed by atoms with Crippen LogP contribution in [0.3, 0.4) is 0 Å². The highest BCUT2D eigenvalue weighted by molar-refractivity contribution is 7.89. The zero-order valence-corrected chi connectivity index (χ0v) is 19.1. The van der Waals surface area contributed by atoms with E-state index < -0.39 is 10.0 Å². The van der Waals surface area contributed by atoms with Crippen LogP contribution in [0.1, 0.15) is 37.0 Å². The first-order valence-corrected chi connectivity index (χ1v) is 12.0. The molecule has 3 rings (SSSR count). The van der Waals surface area contributed by atoms with Crippen molar-refractivity contribution in [2.45, 2.75) is 37.6 Å². The molecule has 0 bridgehead atoms. The number of morpholine rings is 1. The van der Waals surface area contributed by atoms with Crippen LogP contribution in [0.15, 0.2) is 23.1 Å². The summed E-state index contributed by atoms with van der Waals surface area (Å²) < 4.78 is 37.8. The molecular formula is C21H31N3O6S. The average molecular weight is 454 g/mol. The first-order chi connectivity index (χ1) is 14.7. The van der Waals surface area contributed by atoms with Crippen LogP contribution < -0.4 is 10.1 Å². The fourth-order valence-corrected chi connectivity index (χ4v) is 5.27. The van der Waals surface area contributed by atoms with E-state index in [0.29, 0.717) is 44.9 Å². The summed E-state index contributed by atoms with van der Waals surface area (Å²) in [6.07, 6.45) is 1.30. The average Bonchev–Trinajstić information content (AvgIpc) is 2.79. The molecule has 0 saturated carbocycles. The Hall–Kier alpha value is -2.17. The second-order valence-electron chi connectivity index (χ2n) is 8.11. The number of nitrogens with zero attached hydrogens (tertiary/aromatic N) is 2. The molecule has 9 nitrogen and oxygen atoms in total. The van der Waals surface area contributed by atoms with E-state index in [9.17, 15) is 18.0 Å². The molecule has 0 aromatic heterocycles. The maximum Gasteiger partial charge on any atom is 0.255 e. The molecule has 172 valence electrons. The molecule has 2 heterocycles. The molecule has 2 amide bonds. The predicted octanol–water partition coefficient (Wildman–Crippen LogP) is 1.09. The summed E-state index contributed by atoms with van der Waals surface area (Å²) in [5, 5.41) is 2.97. The number of nitrogens with one attached hydrogen (secondary N) is 1. The molecule has 2 fully saturated rings. The summed E-state index contributed by atoms with van der Waals surface area (Å²) in [6, 6.07) is 4.24. The minimum atomic E-state index is -3.73. The lowest BCUT2D eigenvalue weighted by atomic mass is 10.0. The van der Waals surface area contributed by atoms with E-state index >= 15 is 0 Å². The van der Waals surface area contributed by atoms with Crippen molar-refractivity contribution < 1.29 is 27.5 Å². The zero-order chi connectivity index (χ0) is 22.6. The van der Waals surface area contributed by atoms with Crippen LogP contribution >= 0.6 is 0 Å². The van der Waals surface area contributed by atoms with Crippen LogP contribution in [-0.4, -0.2) is 82.0 Å². The molecule has 1 aromatic rings. The number of carbonyl (C=O) groups is 2. The van der Waals surface area contributed by atoms with Gasteiger partial charge in [-0.25, -0.2) is 8.42 Å². The Labute approximate surface area is 183 Å². The minimum Gasteiger partial charge on any atom is -0.496 e. The van der Waals surface area contributed by atoms with Gasteiger partial charge in [-0.1, -0.05) is 13.8 Å². The van der Waals surface area contributed by atoms with Gasteiger partial charge in [-0.3, -0.25) is 9.59 Å². The summed E-state index contributed by atoms with van der Waals surface area (Å²) >= 11 is 0. The third-order valence-electron chi connectivity index (χ3n) is 5.66. The lowest BCUT2D eigenvalue weighted by Gasteiger charge is -2.33. The summed E-state index contributed by atoms with van der Waals surface area (Å²) in [7, 11) is -2.28. The van der Waals surface area contributed by atoms with Crippen LogP contribution in [-0.2, 0) is 19.6 Å². The summed E-state index contributed by atoms with van der Waals surface area (Å²) in [5.41, 5.74) is 0.178. The Bertz CT molecular complexity index is 904. The molecule has 0 atom stereocenters. The topological polar surface area (TPSA) is 105 Å². The Kier molecular flexibility index (Phi) is 7.55. The van der Waals surface area contributed by atoms with Gasteiger partial charge >= 0.3 is 0 Å². The number of amides is 2. The molecule has 2 aliphatic rings. The first-order valence-electron chi connectivity index (χ1n) is 10.6. The number of methoxy groups -OCH3 is 1. The molecular weight excluding hydrogens is 422 g/mol. The second kappa shape index (κ2) is 9.97. The third kappa shape index (κ3) is 5.36. The second-order valence-corrected chi connectivity index (χ2v) is 10.0. The van der Waals surface area contributed by atoms with E-state index in [1.807, 2.05) is 18.7 Å². The van der Waals surface area contributed by atoms with Crippen LogP contribution in [0.2, 0.25) is 0 Å². The van der Waals surface area contributed by atoms with Gasteiger partial charge in [0.25, 0.3) is 5.91 Å². The Morgan fingerprint density at radius 2 is 1.77 bits per heavy atom. The van der Waals surface area contributed by atoms with E-state index in [4.69, 9.17) is 9.47 Å². The van der Waals surface area contributed by atoms with Gasteiger partial charge in [-0.15, -0.1) is 0 Å². The van der Waals surface area contributed by atoms with E-state index in [0.717, 1.165) is 0 Å². The summed E-state index contributed by atoms with van der Waals surface area (Å²) in [5.74, 6) is -0.00520. The lowest BCUT2D eigenvalue weighted by molar-refractivity contribution is -0.135. The van der Waals surface area contributed by atoms with Gasteiger partial charge < -0.3 is 19.7 Å². The predicted molar refractivity (Wildman–Crippen MR) is 114 cm³/mol. The number of hydrogen-bond donors (Lipinski definition) is 1. The standard InChI is InChI=1S/C21H31N3O6S/c1-15(2)21(26)23-8-6-16(7-9-23)22-20(25)18-14-17(4-5-19(18)29-3)31(27,28)24-10-12-30-13-11-24/h4-5,14-16H,6-13H2,1-3H3,(H,22,25). The SMILES string of the molecule is COc1ccc(S(=O)(=O)N2CCOCC2)cc1C(=O)NC1CCN(C(=O)C(C)C)CC1. The molecule has 10 heteroatoms. The van der Waals surface area contributed by atoms with Gasteiger partial charge in [-0.05, 0) is 31.0 Å². The molecule has 0 aliphatic carbocycles. The quantitative estimate of drug-likeness (QED) is 0.691. The number of ether oxygens (including phenoxy) is 2. The highest BCUT2D eigenvalue weighted by Gasteiger charge is 2.29. The van der Waals surface area contributed by atoms with Crippen molar-refractivity contribution in [3.05, 3.63) is 23.8 Å². The number of piperidine rings is 1. The minimum absolute atomic E-state index is 0.0495. The van der Waals surface area contributed by atoms with Crippen molar-refractivity contribution in [3.63, 3.8) is 0 Å². The molecule has 0 radical (unpaired) electrons. The summed E-state index contributed by atoms with van der Waals surface area (Å²) in [4.78, 5) is 27.0. The Morgan fingerprint density at radius 3 is 2.35 bits per heavy atom. The van der Waals surface area contributed by atoms with E-state index in [1.165, 1.54) is 29.6 Å². The van der Waals surface area contributed by atoms with Crippen molar-refractivity contribution in [1.29, 1.82) is 0 Å². The normalized spacial score (nSPS) is 18.8.